The molecule has 1 aliphatic rings. The number of hydrogen-bond acceptors (Lipinski definition) is 2. The molecule has 1 aliphatic heterocycles. The Bertz CT molecular complexity index is 550. The Balaban J connectivity index is 2.46. The second-order valence-electron chi connectivity index (χ2n) is 3.68. The third-order valence-electron chi connectivity index (χ3n) is 2.59. The van der Waals surface area contributed by atoms with Crippen molar-refractivity contribution in [3.8, 4) is 5.75 Å². The average molecular weight is 243 g/mol. The normalized spacial score (nSPS) is 19.3. The molecule has 15 heavy (non-hydrogen) atoms. The minimum Gasteiger partial charge on any atom is -0.489 e. The number of hydrogen-bond donors (Lipinski definition) is 0. The predicted octanol–water partition coefficient (Wildman–Crippen LogP) is 3.30. The summed E-state index contributed by atoms with van der Waals surface area (Å²) in [7, 11) is 0. The number of imidazole rings is 1. The van der Waals surface area contributed by atoms with Gasteiger partial charge in [-0.1, -0.05) is 11.6 Å². The van der Waals surface area contributed by atoms with Gasteiger partial charge < -0.3 is 9.30 Å². The van der Waals surface area contributed by atoms with Crippen LogP contribution in [0.15, 0.2) is 12.1 Å². The van der Waals surface area contributed by atoms with E-state index >= 15 is 0 Å². The second kappa shape index (κ2) is 3.03. The van der Waals surface area contributed by atoms with E-state index in [9.17, 15) is 0 Å². The Hall–Kier alpha value is -0.930. The van der Waals surface area contributed by atoms with E-state index < -0.39 is 0 Å². The minimum atomic E-state index is 0.205. The number of rotatable bonds is 0. The molecule has 0 fully saturated rings. The SMILES string of the molecule is C[C@H]1COc2cc(Cl)cc3nc(Cl)n1c23. The smallest absolute Gasteiger partial charge is 0.204 e. The molecule has 1 atom stereocenters. The fourth-order valence-electron chi connectivity index (χ4n) is 1.93. The number of benzene rings is 1. The van der Waals surface area contributed by atoms with E-state index in [2.05, 4.69) is 4.98 Å². The van der Waals surface area contributed by atoms with Crippen molar-refractivity contribution in [1.29, 1.82) is 0 Å². The van der Waals surface area contributed by atoms with Crippen LogP contribution in [-0.4, -0.2) is 16.2 Å². The highest BCUT2D eigenvalue weighted by molar-refractivity contribution is 6.32. The van der Waals surface area contributed by atoms with Crippen molar-refractivity contribution in [3.05, 3.63) is 22.4 Å². The molecule has 1 aromatic carbocycles. The number of aromatic nitrogens is 2. The first-order valence-electron chi connectivity index (χ1n) is 4.66. The van der Waals surface area contributed by atoms with Crippen molar-refractivity contribution in [2.45, 2.75) is 13.0 Å². The van der Waals surface area contributed by atoms with E-state index in [1.807, 2.05) is 11.5 Å². The van der Waals surface area contributed by atoms with Gasteiger partial charge in [-0.25, -0.2) is 4.98 Å². The summed E-state index contributed by atoms with van der Waals surface area (Å²) in [5.74, 6) is 0.759. The Morgan fingerprint density at radius 2 is 2.27 bits per heavy atom. The molecule has 0 saturated heterocycles. The van der Waals surface area contributed by atoms with Crippen molar-refractivity contribution in [2.75, 3.05) is 6.61 Å². The first-order valence-corrected chi connectivity index (χ1v) is 5.42. The summed E-state index contributed by atoms with van der Waals surface area (Å²) in [6.45, 7) is 2.64. The predicted molar refractivity (Wildman–Crippen MR) is 60.0 cm³/mol. The largest absolute Gasteiger partial charge is 0.489 e. The van der Waals surface area contributed by atoms with Gasteiger partial charge in [-0.15, -0.1) is 0 Å². The van der Waals surface area contributed by atoms with Gasteiger partial charge in [0.25, 0.3) is 0 Å². The third-order valence-corrected chi connectivity index (χ3v) is 3.08. The average Bonchev–Trinajstić information content (AvgIpc) is 2.49. The van der Waals surface area contributed by atoms with Crippen LogP contribution in [0.1, 0.15) is 13.0 Å². The first kappa shape index (κ1) is 9.31. The maximum absolute atomic E-state index is 6.07. The summed E-state index contributed by atoms with van der Waals surface area (Å²) in [6, 6.07) is 3.80. The molecule has 0 radical (unpaired) electrons. The van der Waals surface area contributed by atoms with Crippen LogP contribution in [0, 0.1) is 0 Å². The number of halogens is 2. The number of ether oxygens (including phenoxy) is 1. The van der Waals surface area contributed by atoms with Gasteiger partial charge in [0, 0.05) is 11.1 Å². The topological polar surface area (TPSA) is 27.1 Å². The van der Waals surface area contributed by atoms with Gasteiger partial charge in [-0.2, -0.15) is 0 Å². The lowest BCUT2D eigenvalue weighted by Crippen LogP contribution is -2.19. The molecule has 0 unspecified atom stereocenters. The Morgan fingerprint density at radius 3 is 3.07 bits per heavy atom. The molecule has 3 rings (SSSR count). The van der Waals surface area contributed by atoms with Crippen LogP contribution >= 0.6 is 23.2 Å². The molecule has 0 spiro atoms. The molecule has 2 heterocycles. The van der Waals surface area contributed by atoms with Crippen LogP contribution in [0.5, 0.6) is 5.75 Å². The highest BCUT2D eigenvalue weighted by Crippen LogP contribution is 2.37. The molecule has 3 nitrogen and oxygen atoms in total. The van der Waals surface area contributed by atoms with Gasteiger partial charge >= 0.3 is 0 Å². The lowest BCUT2D eigenvalue weighted by atomic mass is 10.2. The highest BCUT2D eigenvalue weighted by atomic mass is 35.5. The Morgan fingerprint density at radius 1 is 1.47 bits per heavy atom. The maximum atomic E-state index is 6.07. The van der Waals surface area contributed by atoms with E-state index in [1.54, 1.807) is 12.1 Å². The quantitative estimate of drug-likeness (QED) is 0.709. The van der Waals surface area contributed by atoms with Gasteiger partial charge in [-0.3, -0.25) is 0 Å². The molecule has 0 amide bonds. The summed E-state index contributed by atoms with van der Waals surface area (Å²) < 4.78 is 7.58. The molecular weight excluding hydrogens is 235 g/mol. The van der Waals surface area contributed by atoms with Gasteiger partial charge in [0.1, 0.15) is 17.9 Å². The zero-order valence-electron chi connectivity index (χ0n) is 8.00. The van der Waals surface area contributed by atoms with E-state index in [-0.39, 0.29) is 6.04 Å². The van der Waals surface area contributed by atoms with Crippen LogP contribution in [-0.2, 0) is 0 Å². The summed E-state index contributed by atoms with van der Waals surface area (Å²) >= 11 is 12.0. The molecule has 0 bridgehead atoms. The Labute approximate surface area is 96.6 Å². The lowest BCUT2D eigenvalue weighted by Gasteiger charge is -2.23. The monoisotopic (exact) mass is 242 g/mol. The van der Waals surface area contributed by atoms with E-state index in [0.717, 1.165) is 16.8 Å². The summed E-state index contributed by atoms with van der Waals surface area (Å²) in [4.78, 5) is 4.26. The van der Waals surface area contributed by atoms with E-state index in [1.165, 1.54) is 0 Å². The molecule has 1 aromatic heterocycles. The van der Waals surface area contributed by atoms with Gasteiger partial charge in [0.2, 0.25) is 5.28 Å². The fourth-order valence-corrected chi connectivity index (χ4v) is 2.48. The van der Waals surface area contributed by atoms with Crippen molar-refractivity contribution >= 4 is 34.2 Å². The molecule has 0 N–H and O–H groups in total. The Kier molecular flexibility index (Phi) is 1.88. The minimum absolute atomic E-state index is 0.205. The van der Waals surface area contributed by atoms with Gasteiger partial charge in [-0.05, 0) is 24.6 Å². The summed E-state index contributed by atoms with van der Waals surface area (Å²) in [5, 5.41) is 1.11. The number of nitrogens with zero attached hydrogens (tertiary/aromatic N) is 2. The van der Waals surface area contributed by atoms with Crippen molar-refractivity contribution in [2.24, 2.45) is 0 Å². The molecule has 5 heteroatoms. The van der Waals surface area contributed by atoms with Crippen molar-refractivity contribution in [1.82, 2.24) is 9.55 Å². The van der Waals surface area contributed by atoms with Crippen LogP contribution in [0.4, 0.5) is 0 Å². The van der Waals surface area contributed by atoms with Crippen LogP contribution in [0.2, 0.25) is 10.3 Å². The molecule has 2 aromatic rings. The zero-order valence-corrected chi connectivity index (χ0v) is 9.51. The van der Waals surface area contributed by atoms with E-state index in [0.29, 0.717) is 16.9 Å². The van der Waals surface area contributed by atoms with Crippen LogP contribution in [0.25, 0.3) is 11.0 Å². The summed E-state index contributed by atoms with van der Waals surface area (Å²) in [6.07, 6.45) is 0. The molecule has 0 saturated carbocycles. The lowest BCUT2D eigenvalue weighted by molar-refractivity contribution is 0.248. The molecule has 78 valence electrons. The third kappa shape index (κ3) is 1.23. The van der Waals surface area contributed by atoms with Crippen LogP contribution in [0.3, 0.4) is 0 Å². The maximum Gasteiger partial charge on any atom is 0.204 e. The highest BCUT2D eigenvalue weighted by Gasteiger charge is 2.23. The van der Waals surface area contributed by atoms with Crippen molar-refractivity contribution < 1.29 is 4.74 Å². The van der Waals surface area contributed by atoms with Crippen molar-refractivity contribution in [3.63, 3.8) is 0 Å². The zero-order chi connectivity index (χ0) is 10.6. The fraction of sp³-hybridized carbons (Fsp3) is 0.300. The van der Waals surface area contributed by atoms with Gasteiger partial charge in [0.15, 0.2) is 0 Å². The molecule has 0 aliphatic carbocycles. The van der Waals surface area contributed by atoms with Crippen LogP contribution < -0.4 is 4.74 Å². The van der Waals surface area contributed by atoms with E-state index in [4.69, 9.17) is 27.9 Å². The standard InChI is InChI=1S/C10H8Cl2N2O/c1-5-4-15-8-3-6(11)2-7-9(8)14(5)10(12)13-7/h2-3,5H,4H2,1H3/t5-/m0/s1. The molecular formula is C10H8Cl2N2O. The summed E-state index contributed by atoms with van der Waals surface area (Å²) in [5.41, 5.74) is 1.72. The first-order chi connectivity index (χ1) is 7.16. The van der Waals surface area contributed by atoms with Gasteiger partial charge in [0.05, 0.1) is 11.6 Å². The second-order valence-corrected chi connectivity index (χ2v) is 4.46.